The summed E-state index contributed by atoms with van der Waals surface area (Å²) in [7, 11) is 2.01. The number of amides is 1. The number of unbranched alkanes of at least 4 members (excludes halogenated alkanes) is 1. The molecule has 1 heterocycles. The lowest BCUT2D eigenvalue weighted by Gasteiger charge is -2.16. The molecule has 0 aliphatic carbocycles. The third-order valence-electron chi connectivity index (χ3n) is 3.88. The van der Waals surface area contributed by atoms with Gasteiger partial charge in [0.25, 0.3) is 5.91 Å². The van der Waals surface area contributed by atoms with Crippen molar-refractivity contribution in [2.75, 3.05) is 0 Å². The van der Waals surface area contributed by atoms with Crippen LogP contribution in [0.5, 0.6) is 0 Å². The van der Waals surface area contributed by atoms with Gasteiger partial charge in [-0.05, 0) is 37.1 Å². The Morgan fingerprint density at radius 2 is 2.10 bits per heavy atom. The average molecular weight is 272 g/mol. The van der Waals surface area contributed by atoms with Gasteiger partial charge in [-0.1, -0.05) is 26.7 Å². The number of aryl methyl sites for hydroxylation is 1. The van der Waals surface area contributed by atoms with E-state index >= 15 is 0 Å². The molecule has 0 radical (unpaired) electrons. The Labute approximate surface area is 121 Å². The van der Waals surface area contributed by atoms with Crippen LogP contribution in [0.3, 0.4) is 0 Å². The molecule has 0 spiro atoms. The third kappa shape index (κ3) is 3.21. The first-order valence-corrected chi connectivity index (χ1v) is 7.51. The first-order valence-electron chi connectivity index (χ1n) is 7.51. The number of carbonyl (C=O) groups excluding carboxylic acids is 1. The largest absolute Gasteiger partial charge is 0.351 e. The summed E-state index contributed by atoms with van der Waals surface area (Å²) in [4.78, 5) is 12.3. The summed E-state index contributed by atoms with van der Waals surface area (Å²) in [6, 6.07) is 8.22. The van der Waals surface area contributed by atoms with E-state index in [0.29, 0.717) is 0 Å². The zero-order chi connectivity index (χ0) is 14.5. The molecule has 0 saturated heterocycles. The highest BCUT2D eigenvalue weighted by molar-refractivity contribution is 5.98. The molecule has 1 unspecified atom stereocenters. The first kappa shape index (κ1) is 14.6. The Kier molecular flexibility index (Phi) is 4.83. The molecule has 3 heteroatoms. The second-order valence-electron chi connectivity index (χ2n) is 5.42. The maximum Gasteiger partial charge on any atom is 0.251 e. The molecule has 20 heavy (non-hydrogen) atoms. The highest BCUT2D eigenvalue weighted by atomic mass is 16.1. The highest BCUT2D eigenvalue weighted by Gasteiger charge is 2.12. The fraction of sp³-hybridized carbons (Fsp3) is 0.471. The van der Waals surface area contributed by atoms with E-state index in [2.05, 4.69) is 23.7 Å². The number of hydrogen-bond acceptors (Lipinski definition) is 1. The number of hydrogen-bond donors (Lipinski definition) is 1. The highest BCUT2D eigenvalue weighted by Crippen LogP contribution is 2.17. The van der Waals surface area contributed by atoms with Gasteiger partial charge in [-0.2, -0.15) is 0 Å². The van der Waals surface area contributed by atoms with Gasteiger partial charge in [-0.15, -0.1) is 0 Å². The van der Waals surface area contributed by atoms with Gasteiger partial charge in [-0.3, -0.25) is 4.79 Å². The van der Waals surface area contributed by atoms with Crippen molar-refractivity contribution >= 4 is 16.8 Å². The molecule has 3 nitrogen and oxygen atoms in total. The number of benzene rings is 1. The van der Waals surface area contributed by atoms with Crippen LogP contribution in [0.1, 0.15) is 49.9 Å². The van der Waals surface area contributed by atoms with E-state index in [0.717, 1.165) is 35.7 Å². The molecule has 0 aliphatic heterocycles. The first-order chi connectivity index (χ1) is 9.65. The summed E-state index contributed by atoms with van der Waals surface area (Å²) in [6.07, 6.45) is 6.40. The molecule has 1 N–H and O–H groups in total. The van der Waals surface area contributed by atoms with Gasteiger partial charge in [0.1, 0.15) is 0 Å². The van der Waals surface area contributed by atoms with Gasteiger partial charge in [-0.25, -0.2) is 0 Å². The standard InChI is InChI=1S/C17H24N2O/c1-4-6-7-15(5-2)18-17(20)14-8-9-16-13(12-14)10-11-19(16)3/h8-12,15H,4-7H2,1-3H3,(H,18,20). The molecular weight excluding hydrogens is 248 g/mol. The van der Waals surface area contributed by atoms with Crippen molar-refractivity contribution < 1.29 is 4.79 Å². The van der Waals surface area contributed by atoms with Crippen LogP contribution < -0.4 is 5.32 Å². The number of carbonyl (C=O) groups is 1. The minimum atomic E-state index is 0.0405. The van der Waals surface area contributed by atoms with Gasteiger partial charge in [0.15, 0.2) is 0 Å². The second-order valence-corrected chi connectivity index (χ2v) is 5.42. The van der Waals surface area contributed by atoms with Crippen molar-refractivity contribution in [3.8, 4) is 0 Å². The number of rotatable bonds is 6. The van der Waals surface area contributed by atoms with Crippen molar-refractivity contribution in [3.05, 3.63) is 36.0 Å². The van der Waals surface area contributed by atoms with Gasteiger partial charge in [0, 0.05) is 35.8 Å². The summed E-state index contributed by atoms with van der Waals surface area (Å²) in [5.41, 5.74) is 1.90. The quantitative estimate of drug-likeness (QED) is 0.850. The Hall–Kier alpha value is -1.77. The molecule has 1 amide bonds. The number of nitrogens with zero attached hydrogens (tertiary/aromatic N) is 1. The zero-order valence-electron chi connectivity index (χ0n) is 12.6. The maximum atomic E-state index is 12.3. The molecular formula is C17H24N2O. The van der Waals surface area contributed by atoms with E-state index < -0.39 is 0 Å². The molecule has 2 aromatic rings. The van der Waals surface area contributed by atoms with Gasteiger partial charge >= 0.3 is 0 Å². The lowest BCUT2D eigenvalue weighted by molar-refractivity contribution is 0.0933. The summed E-state index contributed by atoms with van der Waals surface area (Å²) in [5, 5.41) is 4.26. The lowest BCUT2D eigenvalue weighted by atomic mass is 10.1. The van der Waals surface area contributed by atoms with Crippen molar-refractivity contribution in [2.24, 2.45) is 7.05 Å². The monoisotopic (exact) mass is 272 g/mol. The van der Waals surface area contributed by atoms with Crippen LogP contribution in [0, 0.1) is 0 Å². The molecule has 1 aromatic carbocycles. The van der Waals surface area contributed by atoms with Crippen LogP contribution in [0.2, 0.25) is 0 Å². The van der Waals surface area contributed by atoms with E-state index in [1.165, 1.54) is 6.42 Å². The van der Waals surface area contributed by atoms with E-state index in [4.69, 9.17) is 0 Å². The van der Waals surface area contributed by atoms with Gasteiger partial charge in [0.05, 0.1) is 0 Å². The average Bonchev–Trinajstić information content (AvgIpc) is 2.84. The summed E-state index contributed by atoms with van der Waals surface area (Å²) in [6.45, 7) is 4.30. The van der Waals surface area contributed by atoms with E-state index in [1.807, 2.05) is 37.5 Å². The molecule has 1 atom stereocenters. The number of fused-ring (bicyclic) bond motifs is 1. The van der Waals surface area contributed by atoms with Crippen LogP contribution in [0.4, 0.5) is 0 Å². The molecule has 108 valence electrons. The molecule has 1 aromatic heterocycles. The Morgan fingerprint density at radius 3 is 2.80 bits per heavy atom. The van der Waals surface area contributed by atoms with Gasteiger partial charge < -0.3 is 9.88 Å². The maximum absolute atomic E-state index is 12.3. The smallest absolute Gasteiger partial charge is 0.251 e. The predicted octanol–water partition coefficient (Wildman–Crippen LogP) is 3.88. The normalized spacial score (nSPS) is 12.6. The third-order valence-corrected chi connectivity index (χ3v) is 3.88. The topological polar surface area (TPSA) is 34.0 Å². The predicted molar refractivity (Wildman–Crippen MR) is 84.0 cm³/mol. The van der Waals surface area contributed by atoms with E-state index in [1.54, 1.807) is 0 Å². The van der Waals surface area contributed by atoms with Crippen LogP contribution in [0.15, 0.2) is 30.5 Å². The van der Waals surface area contributed by atoms with Gasteiger partial charge in [0.2, 0.25) is 0 Å². The fourth-order valence-electron chi connectivity index (χ4n) is 2.52. The van der Waals surface area contributed by atoms with Crippen LogP contribution in [0.25, 0.3) is 10.9 Å². The van der Waals surface area contributed by atoms with Crippen LogP contribution >= 0.6 is 0 Å². The molecule has 0 bridgehead atoms. The summed E-state index contributed by atoms with van der Waals surface area (Å²) in [5.74, 6) is 0.0405. The van der Waals surface area contributed by atoms with E-state index in [9.17, 15) is 4.79 Å². The molecule has 2 rings (SSSR count). The van der Waals surface area contributed by atoms with Crippen molar-refractivity contribution in [1.29, 1.82) is 0 Å². The fourth-order valence-corrected chi connectivity index (χ4v) is 2.52. The number of aromatic nitrogens is 1. The Balaban J connectivity index is 2.10. The van der Waals surface area contributed by atoms with E-state index in [-0.39, 0.29) is 11.9 Å². The Morgan fingerprint density at radius 1 is 1.30 bits per heavy atom. The van der Waals surface area contributed by atoms with Crippen molar-refractivity contribution in [2.45, 2.75) is 45.6 Å². The number of nitrogens with one attached hydrogen (secondary N) is 1. The zero-order valence-corrected chi connectivity index (χ0v) is 12.6. The molecule has 0 saturated carbocycles. The van der Waals surface area contributed by atoms with Crippen molar-refractivity contribution in [1.82, 2.24) is 9.88 Å². The minimum Gasteiger partial charge on any atom is -0.351 e. The molecule has 0 aliphatic rings. The second kappa shape index (κ2) is 6.60. The minimum absolute atomic E-state index is 0.0405. The lowest BCUT2D eigenvalue weighted by Crippen LogP contribution is -2.34. The van der Waals surface area contributed by atoms with Crippen LogP contribution in [-0.2, 0) is 7.05 Å². The SMILES string of the molecule is CCCCC(CC)NC(=O)c1ccc2c(ccn2C)c1. The Bertz CT molecular complexity index is 586. The van der Waals surface area contributed by atoms with Crippen LogP contribution in [-0.4, -0.2) is 16.5 Å². The summed E-state index contributed by atoms with van der Waals surface area (Å²) >= 11 is 0. The van der Waals surface area contributed by atoms with Crippen molar-refractivity contribution in [3.63, 3.8) is 0 Å². The summed E-state index contributed by atoms with van der Waals surface area (Å²) < 4.78 is 2.06. The molecule has 0 fully saturated rings.